The molecule has 1 saturated carbocycles. The first kappa shape index (κ1) is 37.0. The van der Waals surface area contributed by atoms with Crippen molar-refractivity contribution in [3.05, 3.63) is 111 Å². The number of methoxy groups -OCH3 is 3. The van der Waals surface area contributed by atoms with Crippen LogP contribution in [-0.4, -0.2) is 48.0 Å². The third kappa shape index (κ3) is 7.57. The van der Waals surface area contributed by atoms with E-state index < -0.39 is 11.6 Å². The van der Waals surface area contributed by atoms with E-state index in [4.69, 9.17) is 37.3 Å². The molecule has 7 rings (SSSR count). The van der Waals surface area contributed by atoms with Crippen molar-refractivity contribution in [1.82, 2.24) is 9.97 Å². The number of Topliss-reactive ketones (excluding diaryl/α,β-unsaturated/α-hetero) is 2. The lowest BCUT2D eigenvalue weighted by Gasteiger charge is -2.31. The topological polar surface area (TPSA) is 172 Å². The Balaban J connectivity index is 0.000000181. The van der Waals surface area contributed by atoms with Crippen molar-refractivity contribution in [2.45, 2.75) is 45.1 Å². The van der Waals surface area contributed by atoms with Crippen LogP contribution >= 0.6 is 11.6 Å². The number of benzene rings is 4. The van der Waals surface area contributed by atoms with Gasteiger partial charge in [0.05, 0.1) is 26.8 Å². The number of ketones is 2. The van der Waals surface area contributed by atoms with Gasteiger partial charge in [0.15, 0.2) is 11.5 Å². The van der Waals surface area contributed by atoms with E-state index >= 15 is 0 Å². The third-order valence-electron chi connectivity index (χ3n) is 10.0. The van der Waals surface area contributed by atoms with Crippen molar-refractivity contribution in [2.75, 3.05) is 38.1 Å². The number of nitrogens with zero attached hydrogens (tertiary/aromatic N) is 2. The van der Waals surface area contributed by atoms with Gasteiger partial charge in [-0.3, -0.25) is 9.59 Å². The molecular formula is C41H42ClN5O6. The summed E-state index contributed by atoms with van der Waals surface area (Å²) in [4.78, 5) is 33.3. The van der Waals surface area contributed by atoms with Gasteiger partial charge >= 0.3 is 0 Å². The monoisotopic (exact) mass is 735 g/mol. The molecule has 6 N–H and O–H groups in total. The number of aryl methyl sites for hydroxylation is 1. The first-order valence-electron chi connectivity index (χ1n) is 17.3. The van der Waals surface area contributed by atoms with Crippen LogP contribution in [-0.2, 0) is 11.3 Å². The first-order valence-corrected chi connectivity index (χ1v) is 17.6. The molecule has 1 heterocycles. The Labute approximate surface area is 312 Å². The maximum Gasteiger partial charge on any atom is 0.234 e. The molecule has 0 aliphatic heterocycles. The number of aliphatic hydroxyl groups is 1. The highest BCUT2D eigenvalue weighted by Crippen LogP contribution is 2.43. The number of halogens is 1. The van der Waals surface area contributed by atoms with Crippen LogP contribution in [0, 0.1) is 12.8 Å². The SMILES string of the molecule is COc1cc(NCc2ccc3nc(N)nc(N)c3c2C)cc(OC)c1OC.O=C1C(=O)c2ccccc2C(O)=C1C1CCC(c2ccc(Cl)cc2)CC1. The number of aromatic nitrogens is 2. The molecule has 5 aromatic rings. The molecule has 274 valence electrons. The molecule has 12 heteroatoms. The number of hydrogen-bond acceptors (Lipinski definition) is 11. The highest BCUT2D eigenvalue weighted by Gasteiger charge is 2.38. The number of nitrogen functional groups attached to an aromatic ring is 2. The average Bonchev–Trinajstić information content (AvgIpc) is 3.17. The molecule has 0 bridgehead atoms. The minimum absolute atomic E-state index is 0.0138. The summed E-state index contributed by atoms with van der Waals surface area (Å²) in [6, 6.07) is 22.3. The second kappa shape index (κ2) is 15.8. The van der Waals surface area contributed by atoms with E-state index in [2.05, 4.69) is 27.4 Å². The number of allylic oxidation sites excluding steroid dienone is 1. The van der Waals surface area contributed by atoms with E-state index in [-0.39, 0.29) is 17.6 Å². The van der Waals surface area contributed by atoms with E-state index in [9.17, 15) is 14.7 Å². The van der Waals surface area contributed by atoms with Gasteiger partial charge in [0.2, 0.25) is 23.3 Å². The fourth-order valence-electron chi connectivity index (χ4n) is 7.27. The number of fused-ring (bicyclic) bond motifs is 2. The van der Waals surface area contributed by atoms with Crippen LogP contribution in [0.5, 0.6) is 17.2 Å². The molecule has 0 spiro atoms. The summed E-state index contributed by atoms with van der Waals surface area (Å²) in [5, 5.41) is 15.6. The lowest BCUT2D eigenvalue weighted by Crippen LogP contribution is -2.29. The maximum atomic E-state index is 12.6. The number of rotatable bonds is 8. The van der Waals surface area contributed by atoms with Crippen molar-refractivity contribution >= 4 is 57.3 Å². The second-order valence-electron chi connectivity index (χ2n) is 13.0. The highest BCUT2D eigenvalue weighted by atomic mass is 35.5. The summed E-state index contributed by atoms with van der Waals surface area (Å²) in [6.45, 7) is 2.56. The van der Waals surface area contributed by atoms with Crippen LogP contribution in [0.4, 0.5) is 17.5 Å². The Bertz CT molecular complexity index is 2190. The molecule has 11 nitrogen and oxygen atoms in total. The summed E-state index contributed by atoms with van der Waals surface area (Å²) in [7, 11) is 4.75. The van der Waals surface area contributed by atoms with Gasteiger partial charge in [-0.15, -0.1) is 0 Å². The molecule has 0 unspecified atom stereocenters. The normalized spacial score (nSPS) is 16.8. The van der Waals surface area contributed by atoms with Crippen LogP contribution < -0.4 is 31.0 Å². The number of carbonyl (C=O) groups is 2. The fourth-order valence-corrected chi connectivity index (χ4v) is 7.40. The molecule has 2 aliphatic carbocycles. The molecule has 1 fully saturated rings. The van der Waals surface area contributed by atoms with Gasteiger partial charge in [-0.25, -0.2) is 4.98 Å². The molecule has 1 aromatic heterocycles. The summed E-state index contributed by atoms with van der Waals surface area (Å²) in [6.07, 6.45) is 3.42. The number of hydrogen-bond donors (Lipinski definition) is 4. The summed E-state index contributed by atoms with van der Waals surface area (Å²) in [5.41, 5.74) is 17.7. The summed E-state index contributed by atoms with van der Waals surface area (Å²) >= 11 is 5.96. The van der Waals surface area contributed by atoms with Crippen molar-refractivity contribution in [3.8, 4) is 17.2 Å². The lowest BCUT2D eigenvalue weighted by atomic mass is 9.72. The Morgan fingerprint density at radius 3 is 2.06 bits per heavy atom. The van der Waals surface area contributed by atoms with Crippen molar-refractivity contribution in [3.63, 3.8) is 0 Å². The lowest BCUT2D eigenvalue weighted by molar-refractivity contribution is -0.112. The van der Waals surface area contributed by atoms with Crippen LogP contribution in [0.2, 0.25) is 5.02 Å². The Hall–Kier alpha value is -5.81. The largest absolute Gasteiger partial charge is 0.507 e. The van der Waals surface area contributed by atoms with Gasteiger partial charge < -0.3 is 36.1 Å². The van der Waals surface area contributed by atoms with Crippen LogP contribution in [0.25, 0.3) is 16.7 Å². The number of nitrogens with one attached hydrogen (secondary N) is 1. The van der Waals surface area contributed by atoms with Crippen molar-refractivity contribution in [1.29, 1.82) is 0 Å². The smallest absolute Gasteiger partial charge is 0.234 e. The molecule has 0 amide bonds. The number of anilines is 3. The van der Waals surface area contributed by atoms with E-state index in [1.807, 2.05) is 43.3 Å². The fraction of sp³-hybridized carbons (Fsp3) is 0.268. The third-order valence-corrected chi connectivity index (χ3v) is 10.3. The minimum Gasteiger partial charge on any atom is -0.507 e. The molecule has 2 aliphatic rings. The molecular weight excluding hydrogens is 694 g/mol. The molecule has 0 saturated heterocycles. The van der Waals surface area contributed by atoms with Gasteiger partial charge in [0, 0.05) is 51.5 Å². The molecule has 4 aromatic carbocycles. The van der Waals surface area contributed by atoms with Gasteiger partial charge in [0.1, 0.15) is 11.6 Å². The molecule has 53 heavy (non-hydrogen) atoms. The molecule has 0 radical (unpaired) electrons. The van der Waals surface area contributed by atoms with Gasteiger partial charge in [0.25, 0.3) is 0 Å². The van der Waals surface area contributed by atoms with E-state index in [1.54, 1.807) is 45.6 Å². The maximum absolute atomic E-state index is 12.6. The number of carbonyl (C=O) groups excluding carboxylic acids is 2. The average molecular weight is 736 g/mol. The number of nitrogens with two attached hydrogens (primary N) is 2. The van der Waals surface area contributed by atoms with Crippen LogP contribution in [0.3, 0.4) is 0 Å². The standard InChI is InChI=1S/C22H19ClO3.C19H23N5O3/c23-16-11-9-14(10-12-16)13-5-7-15(8-6-13)19-20(24)17-3-1-2-4-18(17)21(25)22(19)26;1-10-11(5-6-13-16(10)18(20)24-19(21)23-13)9-22-12-7-14(25-2)17(27-4)15(8-12)26-3/h1-4,9-13,15,24H,5-8H2;5-8,22H,9H2,1-4H3,(H4,20,21,23,24). The number of ether oxygens (including phenoxy) is 3. The zero-order chi connectivity index (χ0) is 37.8. The quantitative estimate of drug-likeness (QED) is 0.114. The predicted octanol–water partition coefficient (Wildman–Crippen LogP) is 8.09. The molecule has 0 atom stereocenters. The van der Waals surface area contributed by atoms with Crippen LogP contribution in [0.15, 0.2) is 78.4 Å². The van der Waals surface area contributed by atoms with Gasteiger partial charge in [-0.05, 0) is 79.3 Å². The van der Waals surface area contributed by atoms with E-state index in [1.165, 1.54) is 5.56 Å². The second-order valence-corrected chi connectivity index (χ2v) is 13.5. The van der Waals surface area contributed by atoms with Gasteiger partial charge in [-0.1, -0.05) is 54.1 Å². The highest BCUT2D eigenvalue weighted by molar-refractivity contribution is 6.52. The van der Waals surface area contributed by atoms with E-state index in [0.29, 0.717) is 52.2 Å². The van der Waals surface area contributed by atoms with E-state index in [0.717, 1.165) is 58.4 Å². The first-order chi connectivity index (χ1) is 25.5. The Kier molecular flexibility index (Phi) is 11.0. The minimum atomic E-state index is -0.545. The van der Waals surface area contributed by atoms with Crippen molar-refractivity contribution in [2.24, 2.45) is 5.92 Å². The van der Waals surface area contributed by atoms with Crippen molar-refractivity contribution < 1.29 is 28.9 Å². The predicted molar refractivity (Wildman–Crippen MR) is 208 cm³/mol. The van der Waals surface area contributed by atoms with Crippen LogP contribution in [0.1, 0.15) is 64.2 Å². The Morgan fingerprint density at radius 1 is 0.811 bits per heavy atom. The zero-order valence-corrected chi connectivity index (χ0v) is 30.8. The number of aliphatic hydroxyl groups excluding tert-OH is 1. The zero-order valence-electron chi connectivity index (χ0n) is 30.0. The summed E-state index contributed by atoms with van der Waals surface area (Å²) < 4.78 is 16.1. The van der Waals surface area contributed by atoms with Gasteiger partial charge in [-0.2, -0.15) is 4.98 Å². The summed E-state index contributed by atoms with van der Waals surface area (Å²) in [5.74, 6) is 1.56. The Morgan fingerprint density at radius 2 is 1.43 bits per heavy atom.